The van der Waals surface area contributed by atoms with Crippen molar-refractivity contribution in [3.05, 3.63) is 53.2 Å². The van der Waals surface area contributed by atoms with E-state index in [0.29, 0.717) is 5.70 Å². The Morgan fingerprint density at radius 1 is 1.10 bits per heavy atom. The van der Waals surface area contributed by atoms with Crippen molar-refractivity contribution in [2.45, 2.75) is 0 Å². The van der Waals surface area contributed by atoms with Crippen LogP contribution in [-0.4, -0.2) is 37.9 Å². The van der Waals surface area contributed by atoms with E-state index >= 15 is 0 Å². The zero-order valence-electron chi connectivity index (χ0n) is 11.8. The number of hydrogen-bond donors (Lipinski definition) is 1. The molecule has 1 aliphatic rings. The first kappa shape index (κ1) is 12.9. The Hall–Kier alpha value is -2.13. The highest BCUT2D eigenvalue weighted by molar-refractivity contribution is 6.22. The summed E-state index contributed by atoms with van der Waals surface area (Å²) in [4.78, 5) is 14.6. The Labute approximate surface area is 118 Å². The zero-order valence-corrected chi connectivity index (χ0v) is 11.8. The van der Waals surface area contributed by atoms with E-state index in [0.717, 1.165) is 35.0 Å². The van der Waals surface area contributed by atoms with Gasteiger partial charge in [0, 0.05) is 24.0 Å². The SMILES string of the molecule is CN(C)CCNC1=Cc2cccc3cccc(c23)C1=O. The standard InChI is InChI=1S/C17H18N2O/c1-19(2)10-9-18-15-11-13-7-3-5-12-6-4-8-14(16(12)13)17(15)20/h3-8,11,18H,9-10H2,1-2H3. The first-order chi connectivity index (χ1) is 9.66. The molecule has 20 heavy (non-hydrogen) atoms. The summed E-state index contributed by atoms with van der Waals surface area (Å²) in [6.45, 7) is 1.67. The fraction of sp³-hybridized carbons (Fsp3) is 0.235. The number of benzene rings is 2. The van der Waals surface area contributed by atoms with Gasteiger partial charge in [-0.3, -0.25) is 4.79 Å². The maximum absolute atomic E-state index is 12.5. The highest BCUT2D eigenvalue weighted by atomic mass is 16.1. The van der Waals surface area contributed by atoms with Crippen LogP contribution in [0.15, 0.2) is 42.1 Å². The van der Waals surface area contributed by atoms with Gasteiger partial charge in [-0.2, -0.15) is 0 Å². The van der Waals surface area contributed by atoms with Crippen molar-refractivity contribution >= 4 is 22.6 Å². The third kappa shape index (κ3) is 2.21. The lowest BCUT2D eigenvalue weighted by Crippen LogP contribution is -2.29. The third-order valence-electron chi connectivity index (χ3n) is 3.60. The van der Waals surface area contributed by atoms with Crippen LogP contribution in [-0.2, 0) is 0 Å². The quantitative estimate of drug-likeness (QED) is 0.923. The molecule has 2 aromatic carbocycles. The molecule has 0 saturated heterocycles. The highest BCUT2D eigenvalue weighted by Gasteiger charge is 2.21. The van der Waals surface area contributed by atoms with Crippen LogP contribution >= 0.6 is 0 Å². The van der Waals surface area contributed by atoms with Crippen molar-refractivity contribution in [1.82, 2.24) is 10.2 Å². The summed E-state index contributed by atoms with van der Waals surface area (Å²) in [5, 5.41) is 5.45. The van der Waals surface area contributed by atoms with Gasteiger partial charge in [0.25, 0.3) is 0 Å². The van der Waals surface area contributed by atoms with Crippen LogP contribution in [0.4, 0.5) is 0 Å². The molecular formula is C17H18N2O. The van der Waals surface area contributed by atoms with Gasteiger partial charge in [0.2, 0.25) is 5.78 Å². The Morgan fingerprint density at radius 2 is 1.85 bits per heavy atom. The van der Waals surface area contributed by atoms with Crippen LogP contribution in [0.2, 0.25) is 0 Å². The molecule has 3 heteroatoms. The lowest BCUT2D eigenvalue weighted by molar-refractivity contribution is 0.102. The Morgan fingerprint density at radius 3 is 2.60 bits per heavy atom. The van der Waals surface area contributed by atoms with Gasteiger partial charge in [-0.25, -0.2) is 0 Å². The fourth-order valence-electron chi connectivity index (χ4n) is 2.59. The minimum absolute atomic E-state index is 0.0908. The molecule has 0 saturated carbocycles. The lowest BCUT2D eigenvalue weighted by Gasteiger charge is -2.19. The number of allylic oxidation sites excluding steroid dienone is 1. The van der Waals surface area contributed by atoms with Gasteiger partial charge in [0.1, 0.15) is 0 Å². The second-order valence-corrected chi connectivity index (χ2v) is 5.37. The lowest BCUT2D eigenvalue weighted by atomic mass is 9.90. The minimum atomic E-state index is 0.0908. The molecular weight excluding hydrogens is 248 g/mol. The van der Waals surface area contributed by atoms with Gasteiger partial charge in [-0.05, 0) is 31.1 Å². The summed E-state index contributed by atoms with van der Waals surface area (Å²) in [7, 11) is 4.05. The number of carbonyl (C=O) groups excluding carboxylic acids is 1. The number of rotatable bonds is 4. The second kappa shape index (κ2) is 5.10. The van der Waals surface area contributed by atoms with Crippen LogP contribution in [0, 0.1) is 0 Å². The fourth-order valence-corrected chi connectivity index (χ4v) is 2.59. The zero-order chi connectivity index (χ0) is 14.1. The van der Waals surface area contributed by atoms with Gasteiger partial charge in [-0.1, -0.05) is 36.4 Å². The molecule has 0 spiro atoms. The summed E-state index contributed by atoms with van der Waals surface area (Å²) in [5.74, 6) is 0.0908. The summed E-state index contributed by atoms with van der Waals surface area (Å²) >= 11 is 0. The molecule has 0 amide bonds. The Bertz CT molecular complexity index is 696. The molecule has 0 atom stereocenters. The Kier molecular flexibility index (Phi) is 3.28. The molecule has 3 nitrogen and oxygen atoms in total. The van der Waals surface area contributed by atoms with Crippen molar-refractivity contribution in [2.75, 3.05) is 27.2 Å². The van der Waals surface area contributed by atoms with Crippen LogP contribution < -0.4 is 5.32 Å². The van der Waals surface area contributed by atoms with E-state index in [1.54, 1.807) is 0 Å². The van der Waals surface area contributed by atoms with E-state index in [-0.39, 0.29) is 5.78 Å². The maximum Gasteiger partial charge on any atom is 0.209 e. The van der Waals surface area contributed by atoms with Gasteiger partial charge in [0.05, 0.1) is 5.70 Å². The first-order valence-corrected chi connectivity index (χ1v) is 6.83. The largest absolute Gasteiger partial charge is 0.381 e. The summed E-state index contributed by atoms with van der Waals surface area (Å²) in [6, 6.07) is 12.1. The topological polar surface area (TPSA) is 32.3 Å². The van der Waals surface area contributed by atoms with E-state index < -0.39 is 0 Å². The maximum atomic E-state index is 12.5. The number of hydrogen-bond acceptors (Lipinski definition) is 3. The monoisotopic (exact) mass is 266 g/mol. The third-order valence-corrected chi connectivity index (χ3v) is 3.60. The number of ketones is 1. The summed E-state index contributed by atoms with van der Waals surface area (Å²) < 4.78 is 0. The van der Waals surface area contributed by atoms with Crippen molar-refractivity contribution in [3.63, 3.8) is 0 Å². The summed E-state index contributed by atoms with van der Waals surface area (Å²) in [5.41, 5.74) is 2.61. The average Bonchev–Trinajstić information content (AvgIpc) is 2.44. The van der Waals surface area contributed by atoms with Crippen LogP contribution in [0.5, 0.6) is 0 Å². The molecule has 0 radical (unpaired) electrons. The molecule has 0 heterocycles. The molecule has 0 unspecified atom stereocenters. The number of likely N-dealkylation sites (N-methyl/N-ethyl adjacent to an activating group) is 1. The minimum Gasteiger partial charge on any atom is -0.381 e. The van der Waals surface area contributed by atoms with Crippen LogP contribution in [0.25, 0.3) is 16.8 Å². The van der Waals surface area contributed by atoms with E-state index in [9.17, 15) is 4.79 Å². The highest BCUT2D eigenvalue weighted by Crippen LogP contribution is 2.30. The van der Waals surface area contributed by atoms with Crippen molar-refractivity contribution in [3.8, 4) is 0 Å². The molecule has 0 bridgehead atoms. The molecule has 102 valence electrons. The number of Topliss-reactive ketones (excluding diaryl/α,β-unsaturated/α-hetero) is 1. The van der Waals surface area contributed by atoms with Crippen LogP contribution in [0.3, 0.4) is 0 Å². The molecule has 2 aromatic rings. The average molecular weight is 266 g/mol. The van der Waals surface area contributed by atoms with Crippen molar-refractivity contribution in [1.29, 1.82) is 0 Å². The molecule has 1 N–H and O–H groups in total. The normalized spacial score (nSPS) is 13.8. The number of nitrogens with one attached hydrogen (secondary N) is 1. The van der Waals surface area contributed by atoms with E-state index in [1.807, 2.05) is 50.5 Å². The predicted octanol–water partition coefficient (Wildman–Crippen LogP) is 2.53. The predicted molar refractivity (Wildman–Crippen MR) is 82.8 cm³/mol. The molecule has 3 rings (SSSR count). The van der Waals surface area contributed by atoms with Gasteiger partial charge < -0.3 is 10.2 Å². The first-order valence-electron chi connectivity index (χ1n) is 6.83. The van der Waals surface area contributed by atoms with Gasteiger partial charge in [0.15, 0.2) is 0 Å². The number of nitrogens with zero attached hydrogens (tertiary/aromatic N) is 1. The molecule has 0 aliphatic heterocycles. The summed E-state index contributed by atoms with van der Waals surface area (Å²) in [6.07, 6.45) is 1.97. The smallest absolute Gasteiger partial charge is 0.209 e. The molecule has 1 aliphatic carbocycles. The van der Waals surface area contributed by atoms with Gasteiger partial charge >= 0.3 is 0 Å². The van der Waals surface area contributed by atoms with Crippen LogP contribution in [0.1, 0.15) is 15.9 Å². The van der Waals surface area contributed by atoms with E-state index in [4.69, 9.17) is 0 Å². The van der Waals surface area contributed by atoms with Crippen molar-refractivity contribution < 1.29 is 4.79 Å². The second-order valence-electron chi connectivity index (χ2n) is 5.37. The molecule has 0 aromatic heterocycles. The van der Waals surface area contributed by atoms with Crippen molar-refractivity contribution in [2.24, 2.45) is 0 Å². The Balaban J connectivity index is 1.98. The molecule has 0 fully saturated rings. The van der Waals surface area contributed by atoms with Gasteiger partial charge in [-0.15, -0.1) is 0 Å². The van der Waals surface area contributed by atoms with E-state index in [2.05, 4.69) is 16.3 Å². The van der Waals surface area contributed by atoms with E-state index in [1.165, 1.54) is 0 Å². The number of carbonyl (C=O) groups is 1.